The van der Waals surface area contributed by atoms with Crippen LogP contribution in [0.15, 0.2) is 18.5 Å². The lowest BCUT2D eigenvalue weighted by Gasteiger charge is -2.18. The van der Waals surface area contributed by atoms with Crippen molar-refractivity contribution < 1.29 is 0 Å². The molecule has 0 unspecified atom stereocenters. The van der Waals surface area contributed by atoms with Crippen LogP contribution in [0, 0.1) is 5.41 Å². The van der Waals surface area contributed by atoms with Crippen molar-refractivity contribution in [3.63, 3.8) is 0 Å². The zero-order chi connectivity index (χ0) is 15.0. The average molecular weight is 274 g/mol. The number of fused-ring (bicyclic) bond motifs is 1. The molecule has 2 rings (SSSR count). The smallest absolute Gasteiger partial charge is 0.152 e. The second-order valence-electron chi connectivity index (χ2n) is 7.62. The molecule has 0 aliphatic carbocycles. The molecule has 0 aromatic carbocycles. The predicted octanol–water partition coefficient (Wildman–Crippen LogP) is 3.87. The molecule has 0 amide bonds. The Bertz CT molecular complexity index is 585. The third-order valence-corrected chi connectivity index (χ3v) is 3.33. The Kier molecular flexibility index (Phi) is 3.76. The molecule has 2 aromatic heterocycles. The highest BCUT2D eigenvalue weighted by molar-refractivity contribution is 5.68. The fraction of sp³-hybridized carbons (Fsp3) is 0.625. The third kappa shape index (κ3) is 3.50. The number of nitrogens with zero attached hydrogens (tertiary/aromatic N) is 3. The van der Waals surface area contributed by atoms with Crippen LogP contribution < -0.4 is 5.32 Å². The first-order chi connectivity index (χ1) is 9.17. The van der Waals surface area contributed by atoms with E-state index in [4.69, 9.17) is 0 Å². The van der Waals surface area contributed by atoms with E-state index in [9.17, 15) is 0 Å². The van der Waals surface area contributed by atoms with Crippen LogP contribution in [0.3, 0.4) is 0 Å². The van der Waals surface area contributed by atoms with Crippen LogP contribution in [0.25, 0.3) is 5.52 Å². The molecule has 0 bridgehead atoms. The minimum atomic E-state index is 0.0503. The van der Waals surface area contributed by atoms with Gasteiger partial charge >= 0.3 is 0 Å². The minimum absolute atomic E-state index is 0.0503. The molecule has 2 aromatic rings. The van der Waals surface area contributed by atoms with Crippen molar-refractivity contribution in [2.75, 3.05) is 11.9 Å². The number of hydrogen-bond acceptors (Lipinski definition) is 3. The third-order valence-electron chi connectivity index (χ3n) is 3.33. The van der Waals surface area contributed by atoms with Gasteiger partial charge in [0.1, 0.15) is 5.52 Å². The second kappa shape index (κ2) is 5.08. The number of nitrogens with one attached hydrogen (secondary N) is 1. The summed E-state index contributed by atoms with van der Waals surface area (Å²) in [7, 11) is 0. The van der Waals surface area contributed by atoms with Gasteiger partial charge in [-0.1, -0.05) is 41.5 Å². The molecule has 4 nitrogen and oxygen atoms in total. The summed E-state index contributed by atoms with van der Waals surface area (Å²) in [4.78, 5) is 4.45. The molecule has 0 fully saturated rings. The Hall–Kier alpha value is -1.58. The summed E-state index contributed by atoms with van der Waals surface area (Å²) in [5.41, 5.74) is 2.51. The van der Waals surface area contributed by atoms with E-state index in [1.165, 1.54) is 0 Å². The molecule has 0 aliphatic heterocycles. The predicted molar refractivity (Wildman–Crippen MR) is 84.2 cm³/mol. The Morgan fingerprint density at radius 2 is 1.85 bits per heavy atom. The van der Waals surface area contributed by atoms with E-state index in [0.717, 1.165) is 30.0 Å². The van der Waals surface area contributed by atoms with Crippen LogP contribution in [0.5, 0.6) is 0 Å². The first-order valence-electron chi connectivity index (χ1n) is 7.26. The van der Waals surface area contributed by atoms with E-state index in [0.29, 0.717) is 5.41 Å². The first-order valence-corrected chi connectivity index (χ1v) is 7.26. The summed E-state index contributed by atoms with van der Waals surface area (Å²) in [6.07, 6.45) is 4.81. The Labute approximate surface area is 121 Å². The van der Waals surface area contributed by atoms with E-state index >= 15 is 0 Å². The van der Waals surface area contributed by atoms with E-state index in [1.54, 1.807) is 6.20 Å². The number of aromatic nitrogens is 3. The number of hydrogen-bond donors (Lipinski definition) is 1. The van der Waals surface area contributed by atoms with Crippen molar-refractivity contribution in [1.29, 1.82) is 0 Å². The number of anilines is 1. The molecule has 0 aliphatic rings. The molecular weight excluding hydrogens is 248 g/mol. The van der Waals surface area contributed by atoms with Gasteiger partial charge in [-0.25, -0.2) is 9.50 Å². The summed E-state index contributed by atoms with van der Waals surface area (Å²) in [6, 6.07) is 2.13. The van der Waals surface area contributed by atoms with Crippen molar-refractivity contribution in [3.05, 3.63) is 24.2 Å². The zero-order valence-corrected chi connectivity index (χ0v) is 13.5. The Balaban J connectivity index is 2.23. The Morgan fingerprint density at radius 3 is 2.45 bits per heavy atom. The van der Waals surface area contributed by atoms with Gasteiger partial charge in [0.25, 0.3) is 0 Å². The summed E-state index contributed by atoms with van der Waals surface area (Å²) in [5.74, 6) is 0.916. The van der Waals surface area contributed by atoms with E-state index in [2.05, 4.69) is 63.0 Å². The molecular formula is C16H26N4. The van der Waals surface area contributed by atoms with Crippen molar-refractivity contribution in [1.82, 2.24) is 14.6 Å². The molecule has 20 heavy (non-hydrogen) atoms. The number of rotatable bonds is 3. The van der Waals surface area contributed by atoms with E-state index < -0.39 is 0 Å². The van der Waals surface area contributed by atoms with Crippen molar-refractivity contribution in [2.24, 2.45) is 5.41 Å². The van der Waals surface area contributed by atoms with Crippen LogP contribution in [-0.4, -0.2) is 21.1 Å². The molecule has 0 saturated carbocycles. The molecule has 4 heteroatoms. The van der Waals surface area contributed by atoms with Crippen LogP contribution in [0.1, 0.15) is 53.7 Å². The molecule has 0 radical (unpaired) electrons. The average Bonchev–Trinajstić information content (AvgIpc) is 2.71. The SMILES string of the molecule is CC(C)(C)CCNc1nccn2nc(C(C)(C)C)cc12. The summed E-state index contributed by atoms with van der Waals surface area (Å²) >= 11 is 0. The summed E-state index contributed by atoms with van der Waals surface area (Å²) in [5, 5.41) is 8.08. The minimum Gasteiger partial charge on any atom is -0.368 e. The van der Waals surface area contributed by atoms with Gasteiger partial charge in [-0.15, -0.1) is 0 Å². The monoisotopic (exact) mass is 274 g/mol. The van der Waals surface area contributed by atoms with Crippen molar-refractivity contribution >= 4 is 11.3 Å². The lowest BCUT2D eigenvalue weighted by Crippen LogP contribution is -2.13. The van der Waals surface area contributed by atoms with Gasteiger partial charge in [0.2, 0.25) is 0 Å². The highest BCUT2D eigenvalue weighted by Gasteiger charge is 2.19. The lowest BCUT2D eigenvalue weighted by atomic mass is 9.92. The van der Waals surface area contributed by atoms with Gasteiger partial charge in [0.15, 0.2) is 5.82 Å². The summed E-state index contributed by atoms with van der Waals surface area (Å²) in [6.45, 7) is 14.2. The summed E-state index contributed by atoms with van der Waals surface area (Å²) < 4.78 is 1.91. The van der Waals surface area contributed by atoms with Gasteiger partial charge in [0, 0.05) is 24.4 Å². The Morgan fingerprint density at radius 1 is 1.15 bits per heavy atom. The van der Waals surface area contributed by atoms with Crippen molar-refractivity contribution in [2.45, 2.75) is 53.4 Å². The van der Waals surface area contributed by atoms with Gasteiger partial charge in [-0.2, -0.15) is 5.10 Å². The lowest BCUT2D eigenvalue weighted by molar-refractivity contribution is 0.389. The molecule has 0 spiro atoms. The van der Waals surface area contributed by atoms with Crippen molar-refractivity contribution in [3.8, 4) is 0 Å². The van der Waals surface area contributed by atoms with E-state index in [-0.39, 0.29) is 5.41 Å². The normalized spacial score (nSPS) is 12.9. The van der Waals surface area contributed by atoms with Gasteiger partial charge in [0.05, 0.1) is 5.69 Å². The maximum atomic E-state index is 4.64. The second-order valence-corrected chi connectivity index (χ2v) is 7.62. The molecule has 2 heterocycles. The van der Waals surface area contributed by atoms with E-state index in [1.807, 2.05) is 10.7 Å². The van der Waals surface area contributed by atoms with Gasteiger partial charge in [-0.3, -0.25) is 0 Å². The zero-order valence-electron chi connectivity index (χ0n) is 13.5. The molecule has 1 N–H and O–H groups in total. The fourth-order valence-corrected chi connectivity index (χ4v) is 1.98. The first kappa shape index (κ1) is 14.8. The van der Waals surface area contributed by atoms with Crippen LogP contribution >= 0.6 is 0 Å². The van der Waals surface area contributed by atoms with Gasteiger partial charge < -0.3 is 5.32 Å². The largest absolute Gasteiger partial charge is 0.368 e. The topological polar surface area (TPSA) is 42.2 Å². The van der Waals surface area contributed by atoms with Gasteiger partial charge in [-0.05, 0) is 17.9 Å². The highest BCUT2D eigenvalue weighted by atomic mass is 15.2. The maximum absolute atomic E-state index is 4.64. The highest BCUT2D eigenvalue weighted by Crippen LogP contribution is 2.25. The van der Waals surface area contributed by atoms with Crippen LogP contribution in [0.2, 0.25) is 0 Å². The fourth-order valence-electron chi connectivity index (χ4n) is 1.98. The molecule has 110 valence electrons. The standard InChI is InChI=1S/C16H26N4/c1-15(2,3)7-8-17-14-12-11-13(16(4,5)6)19-20(12)10-9-18-14/h9-11H,7-8H2,1-6H3,(H,17,18). The molecule has 0 saturated heterocycles. The quantitative estimate of drug-likeness (QED) is 0.923. The molecule has 0 atom stereocenters. The van der Waals surface area contributed by atoms with Crippen LogP contribution in [0.4, 0.5) is 5.82 Å². The maximum Gasteiger partial charge on any atom is 0.152 e. The van der Waals surface area contributed by atoms with Crippen LogP contribution in [-0.2, 0) is 5.41 Å².